The maximum atomic E-state index is 6.52. The number of aromatic nitrogens is 1. The molecule has 2 aromatic heterocycles. The number of pyridine rings is 1. The molecule has 33 heavy (non-hydrogen) atoms. The SMILES string of the molecule is Cc1cccc(C)c1N1c2ccccc2Oc2oc3c(-c4cccc[n+]4C)c(C)ccc3c21. The summed E-state index contributed by atoms with van der Waals surface area (Å²) in [5, 5.41) is 1.03. The van der Waals surface area contributed by atoms with Crippen LogP contribution in [0, 0.1) is 20.8 Å². The number of ether oxygens (including phenoxy) is 1. The van der Waals surface area contributed by atoms with Gasteiger partial charge in [-0.15, -0.1) is 0 Å². The maximum absolute atomic E-state index is 6.52. The molecule has 0 unspecified atom stereocenters. The first kappa shape index (κ1) is 19.6. The molecule has 4 nitrogen and oxygen atoms in total. The number of fused-ring (bicyclic) bond motifs is 4. The Morgan fingerprint density at radius 3 is 2.27 bits per heavy atom. The van der Waals surface area contributed by atoms with Gasteiger partial charge < -0.3 is 9.15 Å². The van der Waals surface area contributed by atoms with Crippen molar-refractivity contribution in [1.29, 1.82) is 0 Å². The van der Waals surface area contributed by atoms with Crippen LogP contribution >= 0.6 is 0 Å². The van der Waals surface area contributed by atoms with E-state index in [0.717, 1.165) is 50.6 Å². The van der Waals surface area contributed by atoms with Gasteiger partial charge in [-0.2, -0.15) is 0 Å². The van der Waals surface area contributed by atoms with Gasteiger partial charge in [0.05, 0.1) is 16.9 Å². The van der Waals surface area contributed by atoms with E-state index in [9.17, 15) is 0 Å². The zero-order valence-electron chi connectivity index (χ0n) is 19.2. The average molecular weight is 434 g/mol. The van der Waals surface area contributed by atoms with Gasteiger partial charge in [-0.25, -0.2) is 4.57 Å². The zero-order chi connectivity index (χ0) is 22.7. The van der Waals surface area contributed by atoms with Crippen LogP contribution in [-0.2, 0) is 7.05 Å². The van der Waals surface area contributed by atoms with Crippen molar-refractivity contribution in [2.45, 2.75) is 20.8 Å². The number of furan rings is 1. The topological polar surface area (TPSA) is 29.5 Å². The summed E-state index contributed by atoms with van der Waals surface area (Å²) in [5.74, 6) is 1.31. The third-order valence-electron chi connectivity index (χ3n) is 6.52. The van der Waals surface area contributed by atoms with Crippen molar-refractivity contribution in [2.75, 3.05) is 4.90 Å². The Hall–Kier alpha value is -4.05. The van der Waals surface area contributed by atoms with Gasteiger partial charge in [0, 0.05) is 17.5 Å². The Morgan fingerprint density at radius 1 is 0.727 bits per heavy atom. The summed E-state index contributed by atoms with van der Waals surface area (Å²) < 4.78 is 15.0. The molecule has 0 N–H and O–H groups in total. The molecule has 3 aromatic carbocycles. The second kappa shape index (κ2) is 7.24. The summed E-state index contributed by atoms with van der Waals surface area (Å²) >= 11 is 0. The van der Waals surface area contributed by atoms with Crippen molar-refractivity contribution in [2.24, 2.45) is 7.05 Å². The first-order valence-corrected chi connectivity index (χ1v) is 11.2. The summed E-state index contributed by atoms with van der Waals surface area (Å²) in [4.78, 5) is 2.30. The third kappa shape index (κ3) is 2.87. The van der Waals surface area contributed by atoms with Crippen LogP contribution in [0.15, 0.2) is 83.4 Å². The molecule has 0 saturated carbocycles. The molecule has 0 atom stereocenters. The van der Waals surface area contributed by atoms with Crippen LogP contribution in [0.4, 0.5) is 17.1 Å². The van der Waals surface area contributed by atoms with E-state index in [1.165, 1.54) is 11.1 Å². The molecule has 162 valence electrons. The predicted molar refractivity (Wildman–Crippen MR) is 132 cm³/mol. The van der Waals surface area contributed by atoms with Crippen molar-refractivity contribution in [1.82, 2.24) is 0 Å². The number of hydrogen-bond donors (Lipinski definition) is 0. The molecule has 0 aliphatic carbocycles. The Balaban J connectivity index is 1.71. The highest BCUT2D eigenvalue weighted by molar-refractivity contribution is 6.07. The Bertz CT molecular complexity index is 1530. The minimum atomic E-state index is 0.525. The molecular weight excluding hydrogens is 408 g/mol. The van der Waals surface area contributed by atoms with Gasteiger partial charge in [0.2, 0.25) is 5.69 Å². The second-order valence-electron chi connectivity index (χ2n) is 8.71. The molecule has 0 radical (unpaired) electrons. The quantitative estimate of drug-likeness (QED) is 0.266. The lowest BCUT2D eigenvalue weighted by Crippen LogP contribution is -2.30. The summed E-state index contributed by atoms with van der Waals surface area (Å²) in [6, 6.07) is 25.1. The van der Waals surface area contributed by atoms with E-state index >= 15 is 0 Å². The highest BCUT2D eigenvalue weighted by Crippen LogP contribution is 2.56. The normalized spacial score (nSPS) is 12.4. The van der Waals surface area contributed by atoms with Crippen LogP contribution < -0.4 is 14.2 Å². The molecule has 0 amide bonds. The van der Waals surface area contributed by atoms with E-state index in [0.29, 0.717) is 5.95 Å². The van der Waals surface area contributed by atoms with Gasteiger partial charge >= 0.3 is 5.95 Å². The van der Waals surface area contributed by atoms with E-state index in [1.807, 2.05) is 18.2 Å². The van der Waals surface area contributed by atoms with Crippen molar-refractivity contribution in [3.63, 3.8) is 0 Å². The van der Waals surface area contributed by atoms with Crippen LogP contribution in [0.25, 0.3) is 22.2 Å². The Labute approximate surface area is 193 Å². The first-order chi connectivity index (χ1) is 16.0. The molecule has 0 saturated heterocycles. The van der Waals surface area contributed by atoms with E-state index in [-0.39, 0.29) is 0 Å². The largest absolute Gasteiger partial charge is 0.423 e. The van der Waals surface area contributed by atoms with Crippen LogP contribution in [0.2, 0.25) is 0 Å². The second-order valence-corrected chi connectivity index (χ2v) is 8.71. The number of nitrogens with zero attached hydrogens (tertiary/aromatic N) is 2. The van der Waals surface area contributed by atoms with Gasteiger partial charge in [-0.1, -0.05) is 36.4 Å². The molecule has 0 fully saturated rings. The summed E-state index contributed by atoms with van der Waals surface area (Å²) in [6.07, 6.45) is 2.06. The summed E-state index contributed by atoms with van der Waals surface area (Å²) in [5.41, 5.74) is 9.70. The molecule has 1 aliphatic heterocycles. The molecule has 0 spiro atoms. The fourth-order valence-electron chi connectivity index (χ4n) is 4.95. The van der Waals surface area contributed by atoms with Crippen LogP contribution in [0.1, 0.15) is 16.7 Å². The molecule has 4 heteroatoms. The van der Waals surface area contributed by atoms with Crippen molar-refractivity contribution < 1.29 is 13.7 Å². The highest BCUT2D eigenvalue weighted by atomic mass is 16.6. The lowest BCUT2D eigenvalue weighted by molar-refractivity contribution is -0.660. The highest BCUT2D eigenvalue weighted by Gasteiger charge is 2.34. The number of rotatable bonds is 2. The molecule has 6 rings (SSSR count). The van der Waals surface area contributed by atoms with Gasteiger partial charge in [0.1, 0.15) is 12.7 Å². The van der Waals surface area contributed by atoms with Crippen LogP contribution in [0.3, 0.4) is 0 Å². The number of hydrogen-bond acceptors (Lipinski definition) is 3. The van der Waals surface area contributed by atoms with E-state index in [1.54, 1.807) is 0 Å². The van der Waals surface area contributed by atoms with Gasteiger partial charge in [0.15, 0.2) is 17.5 Å². The minimum Gasteiger partial charge on any atom is -0.423 e. The monoisotopic (exact) mass is 433 g/mol. The van der Waals surface area contributed by atoms with Crippen molar-refractivity contribution in [3.8, 4) is 23.0 Å². The fraction of sp³-hybridized carbons (Fsp3) is 0.138. The molecule has 0 bridgehead atoms. The number of para-hydroxylation sites is 3. The minimum absolute atomic E-state index is 0.525. The van der Waals surface area contributed by atoms with Gasteiger partial charge in [0.25, 0.3) is 0 Å². The van der Waals surface area contributed by atoms with Gasteiger partial charge in [-0.3, -0.25) is 4.90 Å². The standard InChI is InChI=1S/C29H25N2O2/c1-18-15-16-21-27-29(33-28(21)25(18)23-13-7-8-17-30(23)4)32-24-14-6-5-12-22(24)31(27)26-19(2)10-9-11-20(26)3/h5-17H,1-4H3/q+1. The number of aryl methyl sites for hydroxylation is 4. The number of anilines is 3. The van der Waals surface area contributed by atoms with Gasteiger partial charge in [-0.05, 0) is 61.7 Å². The summed E-state index contributed by atoms with van der Waals surface area (Å²) in [6.45, 7) is 6.44. The first-order valence-electron chi connectivity index (χ1n) is 11.2. The van der Waals surface area contributed by atoms with E-state index < -0.39 is 0 Å². The number of benzene rings is 3. The van der Waals surface area contributed by atoms with Crippen LogP contribution in [-0.4, -0.2) is 0 Å². The predicted octanol–water partition coefficient (Wildman–Crippen LogP) is 7.43. The van der Waals surface area contributed by atoms with E-state index in [2.05, 4.69) is 98.1 Å². The zero-order valence-corrected chi connectivity index (χ0v) is 19.2. The Morgan fingerprint density at radius 2 is 1.48 bits per heavy atom. The lowest BCUT2D eigenvalue weighted by atomic mass is 10.00. The van der Waals surface area contributed by atoms with E-state index in [4.69, 9.17) is 9.15 Å². The molecule has 5 aromatic rings. The maximum Gasteiger partial charge on any atom is 0.316 e. The Kier molecular flexibility index (Phi) is 4.31. The lowest BCUT2D eigenvalue weighted by Gasteiger charge is -2.32. The third-order valence-corrected chi connectivity index (χ3v) is 6.52. The molecule has 3 heterocycles. The van der Waals surface area contributed by atoms with Crippen molar-refractivity contribution >= 4 is 28.0 Å². The fourth-order valence-corrected chi connectivity index (χ4v) is 4.95. The smallest absolute Gasteiger partial charge is 0.316 e. The summed E-state index contributed by atoms with van der Waals surface area (Å²) in [7, 11) is 2.06. The van der Waals surface area contributed by atoms with Crippen molar-refractivity contribution in [3.05, 3.63) is 95.7 Å². The van der Waals surface area contributed by atoms with Crippen LogP contribution in [0.5, 0.6) is 11.7 Å². The average Bonchev–Trinajstić information content (AvgIpc) is 3.17. The molecule has 1 aliphatic rings. The molecular formula is C29H25N2O2+.